The highest BCUT2D eigenvalue weighted by Crippen LogP contribution is 2.25. The van der Waals surface area contributed by atoms with Gasteiger partial charge in [-0.05, 0) is 57.0 Å². The van der Waals surface area contributed by atoms with Gasteiger partial charge in [0, 0.05) is 16.4 Å². The van der Waals surface area contributed by atoms with Crippen LogP contribution in [-0.4, -0.2) is 40.1 Å². The Balaban J connectivity index is 1.52. The second-order valence-corrected chi connectivity index (χ2v) is 9.64. The van der Waals surface area contributed by atoms with Gasteiger partial charge in [-0.1, -0.05) is 66.7 Å². The van der Waals surface area contributed by atoms with Crippen LogP contribution in [0.15, 0.2) is 78.9 Å². The van der Waals surface area contributed by atoms with Crippen LogP contribution in [0.1, 0.15) is 22.3 Å². The molecule has 0 aromatic heterocycles. The Morgan fingerprint density at radius 1 is 0.971 bits per heavy atom. The van der Waals surface area contributed by atoms with E-state index in [1.54, 1.807) is 0 Å². The third-order valence-corrected chi connectivity index (χ3v) is 6.61. The van der Waals surface area contributed by atoms with Gasteiger partial charge in [0.25, 0.3) is 0 Å². The van der Waals surface area contributed by atoms with Crippen molar-refractivity contribution in [3.8, 4) is 0 Å². The van der Waals surface area contributed by atoms with Gasteiger partial charge < -0.3 is 15.2 Å². The highest BCUT2D eigenvalue weighted by atomic mass is 127. The number of nitrogens with one attached hydrogen (secondary N) is 1. The third-order valence-electron chi connectivity index (χ3n) is 5.93. The van der Waals surface area contributed by atoms with Crippen molar-refractivity contribution in [3.63, 3.8) is 0 Å². The Bertz CT molecular complexity index is 1220. The summed E-state index contributed by atoms with van der Waals surface area (Å²) in [6.45, 7) is 0.285. The van der Waals surface area contributed by atoms with Crippen molar-refractivity contribution in [1.29, 1.82) is 0 Å². The topological polar surface area (TPSA) is 95.9 Å². The van der Waals surface area contributed by atoms with Gasteiger partial charge in [0.15, 0.2) is 0 Å². The lowest BCUT2D eigenvalue weighted by atomic mass is 9.93. The van der Waals surface area contributed by atoms with Crippen molar-refractivity contribution in [2.24, 2.45) is 0 Å². The number of carbonyl (C=O) groups is 3. The highest BCUT2D eigenvalue weighted by Gasteiger charge is 2.37. The van der Waals surface area contributed by atoms with Gasteiger partial charge in [0.05, 0.1) is 6.54 Å². The summed E-state index contributed by atoms with van der Waals surface area (Å²) in [5.41, 5.74) is 3.52. The molecule has 0 aliphatic carbocycles. The lowest BCUT2D eigenvalue weighted by molar-refractivity contribution is -0.142. The summed E-state index contributed by atoms with van der Waals surface area (Å²) in [6.07, 6.45) is -0.203. The molecule has 0 radical (unpaired) electrons. The summed E-state index contributed by atoms with van der Waals surface area (Å²) >= 11 is 2.16. The Morgan fingerprint density at radius 2 is 1.66 bits per heavy atom. The predicted molar refractivity (Wildman–Crippen MR) is 139 cm³/mol. The van der Waals surface area contributed by atoms with Crippen LogP contribution in [0.5, 0.6) is 0 Å². The molecule has 2 atom stereocenters. The highest BCUT2D eigenvalue weighted by molar-refractivity contribution is 14.1. The van der Waals surface area contributed by atoms with Crippen LogP contribution < -0.4 is 5.32 Å². The monoisotopic (exact) mass is 584 g/mol. The Hall–Kier alpha value is -3.40. The van der Waals surface area contributed by atoms with Crippen molar-refractivity contribution >= 4 is 40.6 Å². The molecule has 2 amide bonds. The van der Waals surface area contributed by atoms with Crippen molar-refractivity contribution in [1.82, 2.24) is 10.2 Å². The fourth-order valence-corrected chi connectivity index (χ4v) is 4.73. The molecule has 35 heavy (non-hydrogen) atoms. The van der Waals surface area contributed by atoms with Gasteiger partial charge >= 0.3 is 12.1 Å². The average Bonchev–Trinajstić information content (AvgIpc) is 2.86. The lowest BCUT2D eigenvalue weighted by Crippen LogP contribution is -2.56. The Labute approximate surface area is 217 Å². The molecule has 1 heterocycles. The summed E-state index contributed by atoms with van der Waals surface area (Å²) in [5.74, 6) is -1.65. The van der Waals surface area contributed by atoms with E-state index in [2.05, 4.69) is 27.9 Å². The maximum Gasteiger partial charge on any atom is 0.411 e. The molecule has 180 valence electrons. The van der Waals surface area contributed by atoms with Crippen molar-refractivity contribution in [2.75, 3.05) is 0 Å². The van der Waals surface area contributed by atoms with Crippen LogP contribution in [0, 0.1) is 3.57 Å². The normalized spacial score (nSPS) is 15.6. The second kappa shape index (κ2) is 11.4. The fourth-order valence-electron chi connectivity index (χ4n) is 4.12. The zero-order chi connectivity index (χ0) is 24.8. The number of ether oxygens (including phenoxy) is 1. The van der Waals surface area contributed by atoms with Crippen LogP contribution in [0.25, 0.3) is 0 Å². The van der Waals surface area contributed by atoms with E-state index >= 15 is 0 Å². The molecule has 0 saturated heterocycles. The summed E-state index contributed by atoms with van der Waals surface area (Å²) < 4.78 is 6.49. The van der Waals surface area contributed by atoms with Crippen LogP contribution >= 0.6 is 22.6 Å². The molecular weight excluding hydrogens is 559 g/mol. The predicted octanol–water partition coefficient (Wildman–Crippen LogP) is 4.17. The minimum atomic E-state index is -1.13. The maximum atomic E-state index is 13.3. The molecule has 0 saturated carbocycles. The number of carboxylic acid groups (broad SMARTS) is 1. The number of fused-ring (bicyclic) bond motifs is 1. The first-order valence-corrected chi connectivity index (χ1v) is 12.3. The van der Waals surface area contributed by atoms with Crippen LogP contribution in [0.4, 0.5) is 4.79 Å². The third kappa shape index (κ3) is 6.39. The number of aliphatic carboxylic acids is 1. The van der Waals surface area contributed by atoms with E-state index in [0.717, 1.165) is 25.8 Å². The lowest BCUT2D eigenvalue weighted by Gasteiger charge is -2.35. The van der Waals surface area contributed by atoms with E-state index < -0.39 is 30.1 Å². The van der Waals surface area contributed by atoms with Crippen molar-refractivity contribution in [3.05, 3.63) is 105 Å². The number of benzene rings is 3. The molecule has 0 unspecified atom stereocenters. The molecular formula is C27H25IN2O5. The number of carbonyl (C=O) groups excluding carboxylic acids is 2. The van der Waals surface area contributed by atoms with E-state index in [1.165, 1.54) is 4.90 Å². The van der Waals surface area contributed by atoms with Crippen LogP contribution in [-0.2, 0) is 40.3 Å². The largest absolute Gasteiger partial charge is 0.480 e. The minimum absolute atomic E-state index is 0.0799. The summed E-state index contributed by atoms with van der Waals surface area (Å²) in [6, 6.07) is 22.4. The van der Waals surface area contributed by atoms with Crippen molar-refractivity contribution < 1.29 is 24.2 Å². The molecule has 1 aliphatic rings. The number of hydrogen-bond donors (Lipinski definition) is 2. The van der Waals surface area contributed by atoms with E-state index in [9.17, 15) is 19.5 Å². The molecule has 2 N–H and O–H groups in total. The van der Waals surface area contributed by atoms with Crippen LogP contribution in [0.3, 0.4) is 0 Å². The van der Waals surface area contributed by atoms with E-state index in [1.807, 2.05) is 78.9 Å². The van der Waals surface area contributed by atoms with Gasteiger partial charge in [-0.3, -0.25) is 9.69 Å². The molecule has 1 aliphatic heterocycles. The van der Waals surface area contributed by atoms with Gasteiger partial charge in [0.2, 0.25) is 5.91 Å². The molecule has 3 aromatic rings. The van der Waals surface area contributed by atoms with E-state index in [0.29, 0.717) is 0 Å². The molecule has 7 nitrogen and oxygen atoms in total. The quantitative estimate of drug-likeness (QED) is 0.407. The first kappa shape index (κ1) is 24.7. The number of hydrogen-bond acceptors (Lipinski definition) is 4. The number of halogens is 1. The van der Waals surface area contributed by atoms with E-state index in [-0.39, 0.29) is 26.0 Å². The zero-order valence-corrected chi connectivity index (χ0v) is 21.1. The van der Waals surface area contributed by atoms with Gasteiger partial charge in [0.1, 0.15) is 18.7 Å². The number of rotatable bonds is 7. The summed E-state index contributed by atoms with van der Waals surface area (Å²) in [5, 5.41) is 12.4. The standard InChI is InChI=1S/C27H25IN2O5/c28-22-12-6-9-19(13-22)14-23(26(32)33)29-25(31)24-15-20-10-4-5-11-21(20)16-30(24)27(34)35-17-18-7-2-1-3-8-18/h1-13,23-24H,14-17H2,(H,29,31)(H,32,33)/t23-,24+/m1/s1. The first-order valence-electron chi connectivity index (χ1n) is 11.2. The summed E-state index contributed by atoms with van der Waals surface area (Å²) in [7, 11) is 0. The smallest absolute Gasteiger partial charge is 0.411 e. The molecule has 8 heteroatoms. The van der Waals surface area contributed by atoms with Gasteiger partial charge in [-0.2, -0.15) is 0 Å². The average molecular weight is 584 g/mol. The minimum Gasteiger partial charge on any atom is -0.480 e. The first-order chi connectivity index (χ1) is 16.9. The molecule has 0 bridgehead atoms. The zero-order valence-electron chi connectivity index (χ0n) is 18.9. The Morgan fingerprint density at radius 3 is 2.37 bits per heavy atom. The number of amides is 2. The van der Waals surface area contributed by atoms with Gasteiger partial charge in [-0.15, -0.1) is 0 Å². The van der Waals surface area contributed by atoms with Gasteiger partial charge in [-0.25, -0.2) is 9.59 Å². The molecule has 4 rings (SSSR count). The van der Waals surface area contributed by atoms with Crippen LogP contribution in [0.2, 0.25) is 0 Å². The number of nitrogens with zero attached hydrogens (tertiary/aromatic N) is 1. The fraction of sp³-hybridized carbons (Fsp3) is 0.222. The number of carboxylic acids is 1. The molecule has 0 spiro atoms. The van der Waals surface area contributed by atoms with E-state index in [4.69, 9.17) is 4.74 Å². The molecule has 3 aromatic carbocycles. The summed E-state index contributed by atoms with van der Waals surface area (Å²) in [4.78, 5) is 39.7. The molecule has 0 fully saturated rings. The SMILES string of the molecule is O=C(O)[C@@H](Cc1cccc(I)c1)NC(=O)[C@@H]1Cc2ccccc2CN1C(=O)OCc1ccccc1. The van der Waals surface area contributed by atoms with Crippen molar-refractivity contribution in [2.45, 2.75) is 38.1 Å². The Kier molecular flexibility index (Phi) is 8.02. The second-order valence-electron chi connectivity index (χ2n) is 8.39. The maximum absolute atomic E-state index is 13.3.